The van der Waals surface area contributed by atoms with E-state index in [2.05, 4.69) is 31.6 Å². The van der Waals surface area contributed by atoms with Crippen LogP contribution in [0, 0.1) is 6.92 Å². The van der Waals surface area contributed by atoms with E-state index in [1.54, 1.807) is 0 Å². The van der Waals surface area contributed by atoms with Gasteiger partial charge in [-0.1, -0.05) is 23.8 Å². The number of hydrogen-bond acceptors (Lipinski definition) is 11. The number of hydrogen-bond donors (Lipinski definition) is 4. The van der Waals surface area contributed by atoms with Gasteiger partial charge >= 0.3 is 59.3 Å². The summed E-state index contributed by atoms with van der Waals surface area (Å²) in [5, 5.41) is 19.2. The van der Waals surface area contributed by atoms with Crippen molar-refractivity contribution in [1.29, 1.82) is 0 Å². The summed E-state index contributed by atoms with van der Waals surface area (Å²) in [7, 11) is 0. The van der Waals surface area contributed by atoms with Crippen LogP contribution in [0.1, 0.15) is 62.5 Å². The number of aryl methyl sites for hydroxylation is 2. The number of aromatic nitrogens is 3. The number of amides is 4. The van der Waals surface area contributed by atoms with Crippen LogP contribution < -0.4 is 26.9 Å². The molecule has 3 atom stereocenters. The number of halogens is 17. The molecule has 4 heterocycles. The van der Waals surface area contributed by atoms with Crippen LogP contribution in [-0.2, 0) is 36.8 Å². The minimum absolute atomic E-state index is 0.00316. The Kier molecular flexibility index (Phi) is 20.8. The van der Waals surface area contributed by atoms with Crippen molar-refractivity contribution >= 4 is 40.6 Å². The lowest BCUT2D eigenvalue weighted by molar-refractivity contribution is -0.461. The number of rotatable bonds is 32. The summed E-state index contributed by atoms with van der Waals surface area (Å²) in [5.74, 6) is -56.5. The maximum Gasteiger partial charge on any atom is 0.460 e. The van der Waals surface area contributed by atoms with Gasteiger partial charge < -0.3 is 39.9 Å². The number of fused-ring (bicyclic) bond motifs is 2. The van der Waals surface area contributed by atoms with E-state index in [1.165, 1.54) is 25.1 Å². The summed E-state index contributed by atoms with van der Waals surface area (Å²) >= 11 is 1.84. The predicted molar refractivity (Wildman–Crippen MR) is 242 cm³/mol. The van der Waals surface area contributed by atoms with E-state index >= 15 is 0 Å². The molecule has 2 aromatic heterocycles. The highest BCUT2D eigenvalue weighted by molar-refractivity contribution is 8.00. The topological polar surface area (TPSA) is 188 Å². The van der Waals surface area contributed by atoms with E-state index in [1.807, 2.05) is 11.8 Å². The van der Waals surface area contributed by atoms with E-state index in [9.17, 15) is 93.8 Å². The Hall–Kier alpha value is -5.18. The number of carbonyl (C=O) groups is 3. The zero-order chi connectivity index (χ0) is 58.1. The first-order valence-electron chi connectivity index (χ1n) is 23.9. The normalized spacial score (nSPS) is 17.8. The molecule has 2 aliphatic heterocycles. The number of benzene rings is 1. The average molecular weight is 1170 g/mol. The number of nitrogens with one attached hydrogen (secondary N) is 4. The van der Waals surface area contributed by atoms with Crippen LogP contribution in [0.2, 0.25) is 0 Å². The van der Waals surface area contributed by atoms with Crippen molar-refractivity contribution in [2.75, 3.05) is 58.5 Å². The highest BCUT2D eigenvalue weighted by Crippen LogP contribution is 2.64. The molecule has 0 saturated carbocycles. The first kappa shape index (κ1) is 63.6. The standard InChI is InChI=1S/C45H52F17N7O8S/c1-25-27-10-9-26(29-23-69(68-67-29)14-4-11-38(46,47)39(48,49)40(50,51)41(52,53)42(54,55)43(56,57)44(58,59)45(60,61)62)21-31(27)77-36(72)28(25)22-34(71)64-13-6-16-75-18-20-76-19-17-74-15-5-12-63-33(70)8-3-2-7-32-35-30(24-78-32)65-37(73)66-35/h9-10,21,23,30,32,35H,2-8,11-20,22,24H2,1H3,(H,63,70)(H,64,71)(H2,65,66,73)/t30-,32-,35-/m0/s1. The molecule has 0 aliphatic carbocycles. The summed E-state index contributed by atoms with van der Waals surface area (Å²) in [6.07, 6.45) is -7.31. The second kappa shape index (κ2) is 25.5. The molecular formula is C45H52F17N7O8S. The maximum atomic E-state index is 14.4. The van der Waals surface area contributed by atoms with Gasteiger partial charge in [-0.05, 0) is 50.7 Å². The molecule has 15 nitrogen and oxygen atoms in total. The van der Waals surface area contributed by atoms with Gasteiger partial charge in [0.15, 0.2) is 0 Å². The first-order chi connectivity index (χ1) is 36.2. The van der Waals surface area contributed by atoms with Crippen molar-refractivity contribution in [2.24, 2.45) is 0 Å². The van der Waals surface area contributed by atoms with Crippen LogP contribution in [0.25, 0.3) is 22.2 Å². The third-order valence-electron chi connectivity index (χ3n) is 12.5. The van der Waals surface area contributed by atoms with Gasteiger partial charge in [-0.25, -0.2) is 9.59 Å². The molecule has 0 unspecified atom stereocenters. The Morgan fingerprint density at radius 2 is 1.28 bits per heavy atom. The van der Waals surface area contributed by atoms with Crippen molar-refractivity contribution in [1.82, 2.24) is 36.3 Å². The van der Waals surface area contributed by atoms with E-state index in [0.717, 1.165) is 31.2 Å². The summed E-state index contributed by atoms with van der Waals surface area (Å²) in [6.45, 7) is 3.11. The molecular weight excluding hydrogens is 1120 g/mol. The smallest absolute Gasteiger partial charge is 0.422 e. The lowest BCUT2D eigenvalue weighted by atomic mass is 9.88. The fourth-order valence-corrected chi connectivity index (χ4v) is 9.59. The Balaban J connectivity index is 0.959. The van der Waals surface area contributed by atoms with Crippen molar-refractivity contribution in [2.45, 2.75) is 136 Å². The van der Waals surface area contributed by atoms with Crippen LogP contribution in [0.4, 0.5) is 79.4 Å². The van der Waals surface area contributed by atoms with Crippen molar-refractivity contribution in [3.05, 3.63) is 45.9 Å². The van der Waals surface area contributed by atoms with Crippen molar-refractivity contribution in [3.63, 3.8) is 0 Å². The van der Waals surface area contributed by atoms with E-state index in [0.29, 0.717) is 66.5 Å². The lowest BCUT2D eigenvalue weighted by Crippen LogP contribution is -2.74. The molecule has 4 N–H and O–H groups in total. The van der Waals surface area contributed by atoms with Gasteiger partial charge in [0.1, 0.15) is 11.3 Å². The Morgan fingerprint density at radius 1 is 0.718 bits per heavy atom. The fourth-order valence-electron chi connectivity index (χ4n) is 8.05. The summed E-state index contributed by atoms with van der Waals surface area (Å²) in [5.41, 5.74) is -0.704. The molecule has 2 aliphatic rings. The molecule has 4 amide bonds. The van der Waals surface area contributed by atoms with Crippen LogP contribution in [0.5, 0.6) is 0 Å². The molecule has 0 spiro atoms. The van der Waals surface area contributed by atoms with Crippen LogP contribution in [0.3, 0.4) is 0 Å². The van der Waals surface area contributed by atoms with Crippen LogP contribution in [0.15, 0.2) is 33.6 Å². The van der Waals surface area contributed by atoms with Crippen LogP contribution in [-0.4, -0.2) is 156 Å². The molecule has 2 saturated heterocycles. The number of ether oxygens (including phenoxy) is 3. The van der Waals surface area contributed by atoms with Gasteiger partial charge in [-0.15, -0.1) is 5.10 Å². The first-order valence-corrected chi connectivity index (χ1v) is 24.9. The van der Waals surface area contributed by atoms with E-state index in [4.69, 9.17) is 18.6 Å². The second-order valence-corrected chi connectivity index (χ2v) is 19.4. The van der Waals surface area contributed by atoms with Crippen molar-refractivity contribution < 1.29 is 108 Å². The summed E-state index contributed by atoms with van der Waals surface area (Å²) in [6, 6.07) is 4.23. The second-order valence-electron chi connectivity index (χ2n) is 18.1. The zero-order valence-electron chi connectivity index (χ0n) is 40.9. The number of unbranched alkanes of at least 4 members (excludes halogenated alkanes) is 1. The zero-order valence-corrected chi connectivity index (χ0v) is 41.7. The molecule has 440 valence electrons. The Labute approximate surface area is 435 Å². The quantitative estimate of drug-likeness (QED) is 0.0203. The molecule has 78 heavy (non-hydrogen) atoms. The van der Waals surface area contributed by atoms with Gasteiger partial charge in [0, 0.05) is 67.6 Å². The minimum Gasteiger partial charge on any atom is -0.422 e. The lowest BCUT2D eigenvalue weighted by Gasteiger charge is -2.42. The van der Waals surface area contributed by atoms with Crippen molar-refractivity contribution in [3.8, 4) is 11.3 Å². The number of thioether (sulfide) groups is 1. The minimum atomic E-state index is -8.71. The van der Waals surface area contributed by atoms with Gasteiger partial charge in [0.2, 0.25) is 11.8 Å². The predicted octanol–water partition coefficient (Wildman–Crippen LogP) is 8.48. The molecule has 0 radical (unpaired) electrons. The Bertz CT molecular complexity index is 2590. The molecule has 3 aromatic rings. The number of nitrogens with zero attached hydrogens (tertiary/aromatic N) is 3. The highest BCUT2D eigenvalue weighted by atomic mass is 32.2. The maximum absolute atomic E-state index is 14.4. The summed E-state index contributed by atoms with van der Waals surface area (Å²) < 4.78 is 254. The average Bonchev–Trinajstić information content (AvgIpc) is 4.20. The number of carbonyl (C=O) groups excluding carboxylic acids is 3. The largest absolute Gasteiger partial charge is 0.460 e. The fraction of sp³-hybridized carbons (Fsp3) is 0.689. The van der Waals surface area contributed by atoms with Gasteiger partial charge in [-0.2, -0.15) is 86.4 Å². The highest BCUT2D eigenvalue weighted by Gasteiger charge is 2.95. The third kappa shape index (κ3) is 14.0. The van der Waals surface area contributed by atoms with E-state index in [-0.39, 0.29) is 79.2 Å². The van der Waals surface area contributed by atoms with Gasteiger partial charge in [0.25, 0.3) is 0 Å². The number of urea groups is 1. The summed E-state index contributed by atoms with van der Waals surface area (Å²) in [4.78, 5) is 49.2. The van der Waals surface area contributed by atoms with E-state index < -0.39 is 78.6 Å². The molecule has 33 heteroatoms. The number of alkyl halides is 17. The Morgan fingerprint density at radius 3 is 1.88 bits per heavy atom. The monoisotopic (exact) mass is 1170 g/mol. The molecule has 2 fully saturated rings. The molecule has 0 bridgehead atoms. The SMILES string of the molecule is Cc1c(CC(=O)NCCCOCCOCCOCCCNC(=O)CCCC[C@@H]2SC[C@@H]3NC(=O)N[C@@H]32)c(=O)oc2cc(-c3cn(CCCC(F)(F)C(F)(F)C(F)(F)C(F)(F)C(F)(F)C(F)(F)C(F)(F)C(F)(F)F)nn3)ccc12. The molecule has 1 aromatic carbocycles. The van der Waals surface area contributed by atoms with Gasteiger partial charge in [-0.3, -0.25) is 14.3 Å². The third-order valence-corrected chi connectivity index (χ3v) is 14.0. The molecule has 5 rings (SSSR count). The van der Waals surface area contributed by atoms with Crippen LogP contribution >= 0.6 is 11.8 Å². The van der Waals surface area contributed by atoms with Gasteiger partial charge in [0.05, 0.1) is 56.7 Å².